The summed E-state index contributed by atoms with van der Waals surface area (Å²) in [5.74, 6) is -0.224. The molecule has 2 heterocycles. The Labute approximate surface area is 167 Å². The Bertz CT molecular complexity index is 1090. The van der Waals surface area contributed by atoms with Gasteiger partial charge in [-0.25, -0.2) is 4.68 Å². The van der Waals surface area contributed by atoms with Gasteiger partial charge in [-0.15, -0.1) is 0 Å². The summed E-state index contributed by atoms with van der Waals surface area (Å²) in [6.45, 7) is 0.383. The molecule has 0 aliphatic carbocycles. The highest BCUT2D eigenvalue weighted by Crippen LogP contribution is 2.23. The van der Waals surface area contributed by atoms with Gasteiger partial charge in [0.05, 0.1) is 11.4 Å². The van der Waals surface area contributed by atoms with Crippen molar-refractivity contribution in [2.75, 3.05) is 0 Å². The van der Waals surface area contributed by atoms with Crippen LogP contribution in [0.15, 0.2) is 85.2 Å². The number of halogens is 1. The zero-order valence-corrected chi connectivity index (χ0v) is 15.7. The van der Waals surface area contributed by atoms with E-state index in [0.29, 0.717) is 23.0 Å². The number of carbonyl (C=O) groups excluding carboxylic acids is 1. The van der Waals surface area contributed by atoms with Gasteiger partial charge in [-0.05, 0) is 35.9 Å². The van der Waals surface area contributed by atoms with Gasteiger partial charge in [-0.1, -0.05) is 54.1 Å². The summed E-state index contributed by atoms with van der Waals surface area (Å²) in [7, 11) is 0. The first-order valence-corrected chi connectivity index (χ1v) is 9.17. The fourth-order valence-corrected chi connectivity index (χ4v) is 3.06. The van der Waals surface area contributed by atoms with Crippen molar-refractivity contribution in [2.45, 2.75) is 6.54 Å². The molecule has 28 heavy (non-hydrogen) atoms. The lowest BCUT2D eigenvalue weighted by molar-refractivity contribution is 0.0943. The quantitative estimate of drug-likeness (QED) is 0.547. The molecule has 0 bridgehead atoms. The van der Waals surface area contributed by atoms with Crippen LogP contribution in [-0.2, 0) is 6.54 Å². The first-order chi connectivity index (χ1) is 13.7. The monoisotopic (exact) mass is 388 g/mol. The van der Waals surface area contributed by atoms with Crippen LogP contribution in [0.1, 0.15) is 16.1 Å². The number of nitrogens with zero attached hydrogens (tertiary/aromatic N) is 3. The summed E-state index contributed by atoms with van der Waals surface area (Å²) in [4.78, 5) is 17.0. The highest BCUT2D eigenvalue weighted by atomic mass is 35.5. The van der Waals surface area contributed by atoms with Gasteiger partial charge < -0.3 is 5.32 Å². The third-order valence-corrected chi connectivity index (χ3v) is 4.48. The lowest BCUT2D eigenvalue weighted by Gasteiger charge is -2.08. The minimum atomic E-state index is -0.224. The molecule has 0 saturated heterocycles. The number of nitrogens with one attached hydrogen (secondary N) is 1. The number of rotatable bonds is 5. The van der Waals surface area contributed by atoms with E-state index in [1.54, 1.807) is 35.3 Å². The van der Waals surface area contributed by atoms with Crippen molar-refractivity contribution in [3.05, 3.63) is 101 Å². The van der Waals surface area contributed by atoms with Crippen LogP contribution in [0.25, 0.3) is 16.9 Å². The van der Waals surface area contributed by atoms with E-state index >= 15 is 0 Å². The second kappa shape index (κ2) is 8.06. The van der Waals surface area contributed by atoms with Crippen molar-refractivity contribution < 1.29 is 4.79 Å². The van der Waals surface area contributed by atoms with Crippen LogP contribution in [0.5, 0.6) is 0 Å². The van der Waals surface area contributed by atoms with Gasteiger partial charge >= 0.3 is 0 Å². The molecule has 0 radical (unpaired) electrons. The molecule has 4 rings (SSSR count). The van der Waals surface area contributed by atoms with Gasteiger partial charge in [0, 0.05) is 29.5 Å². The van der Waals surface area contributed by atoms with Crippen LogP contribution in [0.3, 0.4) is 0 Å². The van der Waals surface area contributed by atoms with Crippen LogP contribution in [0, 0.1) is 0 Å². The highest BCUT2D eigenvalue weighted by molar-refractivity contribution is 6.30. The van der Waals surface area contributed by atoms with E-state index < -0.39 is 0 Å². The smallest absolute Gasteiger partial charge is 0.270 e. The molecule has 1 amide bonds. The fraction of sp³-hybridized carbons (Fsp3) is 0.0455. The molecule has 0 saturated carbocycles. The SMILES string of the molecule is O=C(NCc1cccnc1)c1cc(-c2ccccc2)nn1-c1cccc(Cl)c1. The minimum Gasteiger partial charge on any atom is -0.347 e. The maximum Gasteiger partial charge on any atom is 0.270 e. The minimum absolute atomic E-state index is 0.224. The molecule has 1 N–H and O–H groups in total. The van der Waals surface area contributed by atoms with Crippen molar-refractivity contribution >= 4 is 17.5 Å². The van der Waals surface area contributed by atoms with Gasteiger partial charge in [-0.2, -0.15) is 5.10 Å². The van der Waals surface area contributed by atoms with E-state index in [4.69, 9.17) is 11.6 Å². The Morgan fingerprint density at radius 1 is 1.00 bits per heavy atom. The predicted molar refractivity (Wildman–Crippen MR) is 109 cm³/mol. The largest absolute Gasteiger partial charge is 0.347 e. The lowest BCUT2D eigenvalue weighted by atomic mass is 10.1. The molecular formula is C22H17ClN4O. The average molecular weight is 389 g/mol. The van der Waals surface area contributed by atoms with Crippen molar-refractivity contribution in [3.8, 4) is 16.9 Å². The van der Waals surface area contributed by atoms with Gasteiger partial charge in [0.2, 0.25) is 0 Å². The summed E-state index contributed by atoms with van der Waals surface area (Å²) in [5.41, 5.74) is 3.73. The molecular weight excluding hydrogens is 372 g/mol. The maximum absolute atomic E-state index is 12.9. The van der Waals surface area contributed by atoms with Crippen LogP contribution in [-0.4, -0.2) is 20.7 Å². The fourth-order valence-electron chi connectivity index (χ4n) is 2.87. The first-order valence-electron chi connectivity index (χ1n) is 8.79. The zero-order chi connectivity index (χ0) is 19.3. The van der Waals surface area contributed by atoms with Crippen molar-refractivity contribution in [1.29, 1.82) is 0 Å². The molecule has 4 aromatic rings. The molecule has 0 fully saturated rings. The Hall–Kier alpha value is -3.44. The van der Waals surface area contributed by atoms with E-state index in [0.717, 1.165) is 16.8 Å². The number of amides is 1. The molecule has 2 aromatic carbocycles. The number of aromatic nitrogens is 3. The van der Waals surface area contributed by atoms with Crippen molar-refractivity contribution in [3.63, 3.8) is 0 Å². The van der Waals surface area contributed by atoms with E-state index in [1.165, 1.54) is 0 Å². The summed E-state index contributed by atoms with van der Waals surface area (Å²) in [6, 6.07) is 22.5. The van der Waals surface area contributed by atoms with E-state index in [1.807, 2.05) is 54.6 Å². The second-order valence-corrected chi connectivity index (χ2v) is 6.65. The number of benzene rings is 2. The lowest BCUT2D eigenvalue weighted by Crippen LogP contribution is -2.25. The summed E-state index contributed by atoms with van der Waals surface area (Å²) in [5, 5.41) is 8.16. The Kier molecular flexibility index (Phi) is 5.17. The molecule has 2 aromatic heterocycles. The normalized spacial score (nSPS) is 10.6. The first kappa shape index (κ1) is 17.9. The molecule has 0 aliphatic heterocycles. The summed E-state index contributed by atoms with van der Waals surface area (Å²) >= 11 is 6.14. The van der Waals surface area contributed by atoms with Crippen molar-refractivity contribution in [1.82, 2.24) is 20.1 Å². The number of hydrogen-bond donors (Lipinski definition) is 1. The Morgan fingerprint density at radius 3 is 2.61 bits per heavy atom. The Balaban J connectivity index is 1.70. The molecule has 0 unspecified atom stereocenters. The van der Waals surface area contributed by atoms with Gasteiger partial charge in [0.15, 0.2) is 0 Å². The van der Waals surface area contributed by atoms with Gasteiger partial charge in [0.1, 0.15) is 5.69 Å². The van der Waals surface area contributed by atoms with Crippen molar-refractivity contribution in [2.24, 2.45) is 0 Å². The number of hydrogen-bond acceptors (Lipinski definition) is 3. The summed E-state index contributed by atoms with van der Waals surface area (Å²) in [6.07, 6.45) is 3.43. The van der Waals surface area contributed by atoms with Crippen LogP contribution in [0.4, 0.5) is 0 Å². The van der Waals surface area contributed by atoms with E-state index in [9.17, 15) is 4.79 Å². The third-order valence-electron chi connectivity index (χ3n) is 4.24. The van der Waals surface area contributed by atoms with E-state index in [2.05, 4.69) is 15.4 Å². The molecule has 0 atom stereocenters. The third kappa shape index (κ3) is 3.94. The zero-order valence-electron chi connectivity index (χ0n) is 14.9. The summed E-state index contributed by atoms with van der Waals surface area (Å²) < 4.78 is 1.62. The van der Waals surface area contributed by atoms with Crippen LogP contribution < -0.4 is 5.32 Å². The molecule has 0 aliphatic rings. The Morgan fingerprint density at radius 2 is 1.86 bits per heavy atom. The van der Waals surface area contributed by atoms with Crippen LogP contribution >= 0.6 is 11.6 Å². The van der Waals surface area contributed by atoms with Gasteiger partial charge in [0.25, 0.3) is 5.91 Å². The number of carbonyl (C=O) groups is 1. The average Bonchev–Trinajstić information content (AvgIpc) is 3.19. The molecule has 6 heteroatoms. The predicted octanol–water partition coefficient (Wildman–Crippen LogP) is 4.52. The number of pyridine rings is 1. The molecule has 138 valence electrons. The van der Waals surface area contributed by atoms with Gasteiger partial charge in [-0.3, -0.25) is 9.78 Å². The van der Waals surface area contributed by atoms with Crippen LogP contribution in [0.2, 0.25) is 5.02 Å². The standard InChI is InChI=1S/C22H17ClN4O/c23-18-9-4-10-19(12-18)27-21(13-20(26-27)17-7-2-1-3-8-17)22(28)25-15-16-6-5-11-24-14-16/h1-14H,15H2,(H,25,28). The maximum atomic E-state index is 12.9. The molecule has 0 spiro atoms. The highest BCUT2D eigenvalue weighted by Gasteiger charge is 2.17. The van der Waals surface area contributed by atoms with E-state index in [-0.39, 0.29) is 5.91 Å². The molecule has 5 nitrogen and oxygen atoms in total. The topological polar surface area (TPSA) is 59.8 Å². The second-order valence-electron chi connectivity index (χ2n) is 6.22.